The fraction of sp³-hybridized carbons (Fsp3) is 0.647. The van der Waals surface area contributed by atoms with Gasteiger partial charge in [0, 0.05) is 6.42 Å². The van der Waals surface area contributed by atoms with E-state index in [9.17, 15) is 28.8 Å². The molecule has 30 heavy (non-hydrogen) atoms. The molecule has 0 heterocycles. The molecule has 0 aliphatic rings. The molecule has 10 N–H and O–H groups in total. The predicted molar refractivity (Wildman–Crippen MR) is 104 cm³/mol. The maximum Gasteiger partial charge on any atom is 0.326 e. The Bertz CT molecular complexity index is 669. The van der Waals surface area contributed by atoms with E-state index in [1.54, 1.807) is 13.8 Å². The van der Waals surface area contributed by atoms with Crippen molar-refractivity contribution in [2.75, 3.05) is 6.54 Å². The van der Waals surface area contributed by atoms with Gasteiger partial charge in [-0.05, 0) is 12.3 Å². The Labute approximate surface area is 173 Å². The lowest BCUT2D eigenvalue weighted by atomic mass is 9.97. The Hall–Kier alpha value is -3.22. The first kappa shape index (κ1) is 26.8. The second-order valence-corrected chi connectivity index (χ2v) is 6.83. The molecule has 4 unspecified atom stereocenters. The third-order valence-electron chi connectivity index (χ3n) is 4.29. The van der Waals surface area contributed by atoms with Crippen LogP contribution in [0, 0.1) is 5.92 Å². The third-order valence-corrected chi connectivity index (χ3v) is 4.29. The topological polar surface area (TPSA) is 237 Å². The minimum absolute atomic E-state index is 0.0110. The number of primary amides is 2. The van der Waals surface area contributed by atoms with E-state index in [4.69, 9.17) is 22.3 Å². The molecule has 0 saturated carbocycles. The van der Waals surface area contributed by atoms with Crippen LogP contribution in [0.5, 0.6) is 0 Å². The highest BCUT2D eigenvalue weighted by Gasteiger charge is 2.30. The summed E-state index contributed by atoms with van der Waals surface area (Å²) < 4.78 is 0. The number of carbonyl (C=O) groups is 6. The van der Waals surface area contributed by atoms with Crippen LogP contribution in [-0.4, -0.2) is 65.3 Å². The molecule has 0 aromatic heterocycles. The zero-order valence-corrected chi connectivity index (χ0v) is 17.0. The van der Waals surface area contributed by atoms with E-state index < -0.39 is 66.6 Å². The van der Waals surface area contributed by atoms with Crippen molar-refractivity contribution in [3.05, 3.63) is 0 Å². The van der Waals surface area contributed by atoms with E-state index in [0.717, 1.165) is 0 Å². The Morgan fingerprint density at radius 3 is 2.03 bits per heavy atom. The van der Waals surface area contributed by atoms with E-state index in [1.165, 1.54) is 0 Å². The van der Waals surface area contributed by atoms with Crippen molar-refractivity contribution >= 4 is 35.5 Å². The van der Waals surface area contributed by atoms with Gasteiger partial charge in [0.1, 0.15) is 12.1 Å². The summed E-state index contributed by atoms with van der Waals surface area (Å²) in [5.41, 5.74) is 15.5. The normalized spacial score (nSPS) is 14.5. The van der Waals surface area contributed by atoms with Crippen LogP contribution in [-0.2, 0) is 28.8 Å². The van der Waals surface area contributed by atoms with Crippen molar-refractivity contribution in [3.63, 3.8) is 0 Å². The Balaban J connectivity index is 4.92. The number of aliphatic carboxylic acids is 1. The van der Waals surface area contributed by atoms with E-state index in [-0.39, 0.29) is 18.8 Å². The monoisotopic (exact) mass is 430 g/mol. The number of rotatable bonds is 14. The maximum absolute atomic E-state index is 12.5. The van der Waals surface area contributed by atoms with Gasteiger partial charge in [-0.25, -0.2) is 4.79 Å². The SMILES string of the molecule is CCC(C)C(NC(=O)CNC(=O)C(N)CCC(N)=O)C(=O)NC(CC(N)=O)C(=O)O. The van der Waals surface area contributed by atoms with E-state index in [2.05, 4.69) is 16.0 Å². The molecule has 0 aliphatic carbocycles. The molecule has 0 bridgehead atoms. The summed E-state index contributed by atoms with van der Waals surface area (Å²) in [7, 11) is 0. The molecule has 170 valence electrons. The van der Waals surface area contributed by atoms with Gasteiger partial charge in [0.25, 0.3) is 0 Å². The molecule has 0 rings (SSSR count). The fourth-order valence-electron chi connectivity index (χ4n) is 2.32. The van der Waals surface area contributed by atoms with Crippen LogP contribution in [0.25, 0.3) is 0 Å². The molecule has 4 atom stereocenters. The summed E-state index contributed by atoms with van der Waals surface area (Å²) in [5.74, 6) is -5.57. The van der Waals surface area contributed by atoms with Gasteiger partial charge in [-0.3, -0.25) is 24.0 Å². The Morgan fingerprint density at radius 1 is 0.967 bits per heavy atom. The first-order valence-electron chi connectivity index (χ1n) is 9.31. The average molecular weight is 430 g/mol. The van der Waals surface area contributed by atoms with Crippen LogP contribution in [0.1, 0.15) is 39.5 Å². The van der Waals surface area contributed by atoms with Crippen molar-refractivity contribution < 1.29 is 33.9 Å². The third kappa shape index (κ3) is 10.4. The number of hydrogen-bond acceptors (Lipinski definition) is 7. The minimum atomic E-state index is -1.54. The number of nitrogens with two attached hydrogens (primary N) is 3. The lowest BCUT2D eigenvalue weighted by molar-refractivity contribution is -0.144. The van der Waals surface area contributed by atoms with Gasteiger partial charge in [-0.15, -0.1) is 0 Å². The predicted octanol–water partition coefficient (Wildman–Crippen LogP) is -3.33. The van der Waals surface area contributed by atoms with Gasteiger partial charge in [-0.2, -0.15) is 0 Å². The molecule has 13 heteroatoms. The molecule has 0 aromatic rings. The van der Waals surface area contributed by atoms with Crippen LogP contribution < -0.4 is 33.2 Å². The summed E-state index contributed by atoms with van der Waals surface area (Å²) in [6.07, 6.45) is -0.220. The first-order chi connectivity index (χ1) is 13.9. The van der Waals surface area contributed by atoms with Crippen LogP contribution in [0.2, 0.25) is 0 Å². The van der Waals surface area contributed by atoms with Gasteiger partial charge in [0.05, 0.1) is 19.0 Å². The fourth-order valence-corrected chi connectivity index (χ4v) is 2.32. The van der Waals surface area contributed by atoms with Crippen molar-refractivity contribution in [2.24, 2.45) is 23.1 Å². The largest absolute Gasteiger partial charge is 0.480 e. The molecule has 0 aliphatic heterocycles. The smallest absolute Gasteiger partial charge is 0.326 e. The standard InChI is InChI=1S/C17H30N6O7/c1-3-8(2)14(16(28)22-10(17(29)30)6-12(20)25)23-13(26)7-21-15(27)9(18)4-5-11(19)24/h8-10,14H,3-7,18H2,1-2H3,(H2,19,24)(H2,20,25)(H,21,27)(H,22,28)(H,23,26)(H,29,30). The highest BCUT2D eigenvalue weighted by atomic mass is 16.4. The van der Waals surface area contributed by atoms with E-state index in [1.807, 2.05) is 0 Å². The van der Waals surface area contributed by atoms with Gasteiger partial charge in [0.2, 0.25) is 29.5 Å². The number of amides is 5. The summed E-state index contributed by atoms with van der Waals surface area (Å²) >= 11 is 0. The highest BCUT2D eigenvalue weighted by Crippen LogP contribution is 2.09. The van der Waals surface area contributed by atoms with Gasteiger partial charge >= 0.3 is 5.97 Å². The number of hydrogen-bond donors (Lipinski definition) is 7. The number of carbonyl (C=O) groups excluding carboxylic acids is 5. The zero-order valence-electron chi connectivity index (χ0n) is 17.0. The second kappa shape index (κ2) is 13.1. The van der Waals surface area contributed by atoms with Gasteiger partial charge < -0.3 is 38.3 Å². The molecule has 0 saturated heterocycles. The van der Waals surface area contributed by atoms with Gasteiger partial charge in [-0.1, -0.05) is 20.3 Å². The van der Waals surface area contributed by atoms with Crippen LogP contribution in [0.15, 0.2) is 0 Å². The maximum atomic E-state index is 12.5. The number of nitrogens with one attached hydrogen (secondary N) is 3. The van der Waals surface area contributed by atoms with Crippen LogP contribution in [0.4, 0.5) is 0 Å². The number of carboxylic acid groups (broad SMARTS) is 1. The first-order valence-corrected chi connectivity index (χ1v) is 9.31. The summed E-state index contributed by atoms with van der Waals surface area (Å²) in [6.45, 7) is 2.92. The highest BCUT2D eigenvalue weighted by molar-refractivity contribution is 5.93. The summed E-state index contributed by atoms with van der Waals surface area (Å²) in [5, 5.41) is 16.0. The quantitative estimate of drug-likeness (QED) is 0.147. The molecule has 0 fully saturated rings. The molecule has 0 radical (unpaired) electrons. The summed E-state index contributed by atoms with van der Waals surface area (Å²) in [4.78, 5) is 69.4. The van der Waals surface area contributed by atoms with Crippen molar-refractivity contribution in [3.8, 4) is 0 Å². The van der Waals surface area contributed by atoms with E-state index in [0.29, 0.717) is 6.42 Å². The lowest BCUT2D eigenvalue weighted by Gasteiger charge is -2.25. The molecule has 5 amide bonds. The Morgan fingerprint density at radius 2 is 1.57 bits per heavy atom. The number of carboxylic acids is 1. The zero-order chi connectivity index (χ0) is 23.4. The molecular weight excluding hydrogens is 400 g/mol. The lowest BCUT2D eigenvalue weighted by Crippen LogP contribution is -2.56. The van der Waals surface area contributed by atoms with Crippen LogP contribution in [0.3, 0.4) is 0 Å². The molecule has 0 spiro atoms. The van der Waals surface area contributed by atoms with Crippen molar-refractivity contribution in [1.29, 1.82) is 0 Å². The Kier molecular flexibility index (Phi) is 11.7. The van der Waals surface area contributed by atoms with Crippen molar-refractivity contribution in [1.82, 2.24) is 16.0 Å². The minimum Gasteiger partial charge on any atom is -0.480 e. The van der Waals surface area contributed by atoms with Gasteiger partial charge in [0.15, 0.2) is 0 Å². The van der Waals surface area contributed by atoms with Crippen LogP contribution >= 0.6 is 0 Å². The second-order valence-electron chi connectivity index (χ2n) is 6.83. The molecular formula is C17H30N6O7. The molecule has 0 aromatic carbocycles. The molecule has 13 nitrogen and oxygen atoms in total. The average Bonchev–Trinajstić information content (AvgIpc) is 2.66. The van der Waals surface area contributed by atoms with Crippen molar-refractivity contribution in [2.45, 2.75) is 57.7 Å². The summed E-state index contributed by atoms with van der Waals surface area (Å²) in [6, 6.07) is -3.69. The van der Waals surface area contributed by atoms with E-state index >= 15 is 0 Å².